The quantitative estimate of drug-likeness (QED) is 0.627. The van der Waals surface area contributed by atoms with E-state index in [0.29, 0.717) is 18.8 Å². The van der Waals surface area contributed by atoms with Gasteiger partial charge in [-0.15, -0.1) is 0 Å². The third-order valence-electron chi connectivity index (χ3n) is 2.90. The molecule has 0 bridgehead atoms. The smallest absolute Gasteiger partial charge is 0.415 e. The van der Waals surface area contributed by atoms with Gasteiger partial charge in [0.2, 0.25) is 0 Å². The van der Waals surface area contributed by atoms with Gasteiger partial charge in [-0.2, -0.15) is 0 Å². The van der Waals surface area contributed by atoms with E-state index in [1.54, 1.807) is 17.0 Å². The fraction of sp³-hybridized carbons (Fsp3) is 0.333. The predicted molar refractivity (Wildman–Crippen MR) is 73.3 cm³/mol. The third kappa shape index (κ3) is 4.12. The van der Waals surface area contributed by atoms with Crippen molar-refractivity contribution in [3.05, 3.63) is 42.5 Å². The third-order valence-corrected chi connectivity index (χ3v) is 2.90. The second kappa shape index (κ2) is 6.75. The Morgan fingerprint density at radius 3 is 2.75 bits per heavy atom. The highest BCUT2D eigenvalue weighted by Crippen LogP contribution is 2.14. The summed E-state index contributed by atoms with van der Waals surface area (Å²) in [6.45, 7) is 2.63. The van der Waals surface area contributed by atoms with Gasteiger partial charge < -0.3 is 14.4 Å². The maximum Gasteiger partial charge on any atom is 0.415 e. The Morgan fingerprint density at radius 2 is 2.05 bits per heavy atom. The molecule has 2 rings (SSSR count). The topological polar surface area (TPSA) is 55.8 Å². The minimum Gasteiger partial charge on any atom is -0.465 e. The van der Waals surface area contributed by atoms with Crippen molar-refractivity contribution in [1.29, 1.82) is 0 Å². The van der Waals surface area contributed by atoms with E-state index >= 15 is 0 Å². The van der Waals surface area contributed by atoms with Crippen LogP contribution in [-0.4, -0.2) is 36.7 Å². The van der Waals surface area contributed by atoms with Gasteiger partial charge in [-0.05, 0) is 12.1 Å². The molecule has 1 aromatic rings. The molecular formula is C15H17NO4. The van der Waals surface area contributed by atoms with Gasteiger partial charge in [0.15, 0.2) is 0 Å². The fourth-order valence-electron chi connectivity index (χ4n) is 1.93. The Kier molecular flexibility index (Phi) is 4.76. The van der Waals surface area contributed by atoms with Crippen LogP contribution >= 0.6 is 0 Å². The van der Waals surface area contributed by atoms with Crippen LogP contribution in [0.3, 0.4) is 0 Å². The van der Waals surface area contributed by atoms with Crippen LogP contribution in [-0.2, 0) is 9.53 Å². The number of hydrogen-bond donors (Lipinski definition) is 0. The van der Waals surface area contributed by atoms with Crippen molar-refractivity contribution in [3.63, 3.8) is 0 Å². The van der Waals surface area contributed by atoms with Gasteiger partial charge in [0.25, 0.3) is 0 Å². The maximum absolute atomic E-state index is 12.0. The summed E-state index contributed by atoms with van der Waals surface area (Å²) < 4.78 is 10.2. The van der Waals surface area contributed by atoms with Crippen LogP contribution in [0.2, 0.25) is 0 Å². The molecular weight excluding hydrogens is 258 g/mol. The summed E-state index contributed by atoms with van der Waals surface area (Å²) in [5.74, 6) is 0.210. The molecule has 0 aromatic heterocycles. The first-order valence-corrected chi connectivity index (χ1v) is 6.47. The number of para-hydroxylation sites is 1. The molecule has 1 heterocycles. The maximum atomic E-state index is 12.0. The second-order valence-corrected chi connectivity index (χ2v) is 4.58. The zero-order valence-electron chi connectivity index (χ0n) is 11.3. The molecule has 0 saturated heterocycles. The van der Waals surface area contributed by atoms with Crippen molar-refractivity contribution < 1.29 is 19.1 Å². The minimum absolute atomic E-state index is 0.0102. The van der Waals surface area contributed by atoms with Crippen LogP contribution < -0.4 is 4.74 Å². The van der Waals surface area contributed by atoms with Gasteiger partial charge in [0.1, 0.15) is 5.75 Å². The van der Waals surface area contributed by atoms with Crippen LogP contribution in [0.15, 0.2) is 42.5 Å². The monoisotopic (exact) mass is 275 g/mol. The molecule has 1 aliphatic rings. The molecule has 0 saturated carbocycles. The Balaban J connectivity index is 1.88. The van der Waals surface area contributed by atoms with E-state index in [4.69, 9.17) is 9.47 Å². The van der Waals surface area contributed by atoms with Crippen LogP contribution in [0.1, 0.15) is 6.92 Å². The Labute approximate surface area is 117 Å². The summed E-state index contributed by atoms with van der Waals surface area (Å²) in [5.41, 5.74) is 0. The highest BCUT2D eigenvalue weighted by molar-refractivity contribution is 5.71. The number of benzene rings is 1. The lowest BCUT2D eigenvalue weighted by Crippen LogP contribution is -2.40. The highest BCUT2D eigenvalue weighted by Gasteiger charge is 2.22. The van der Waals surface area contributed by atoms with Gasteiger partial charge in [0.05, 0.1) is 6.61 Å². The summed E-state index contributed by atoms with van der Waals surface area (Å²) in [6.07, 6.45) is 3.44. The summed E-state index contributed by atoms with van der Waals surface area (Å²) in [6, 6.07) is 8.93. The van der Waals surface area contributed by atoms with Crippen LogP contribution in [0.4, 0.5) is 4.79 Å². The van der Waals surface area contributed by atoms with E-state index in [0.717, 1.165) is 0 Å². The number of carbonyl (C=O) groups is 2. The average Bonchev–Trinajstić information content (AvgIpc) is 2.46. The largest absolute Gasteiger partial charge is 0.465 e. The molecule has 0 N–H and O–H groups in total. The van der Waals surface area contributed by atoms with Gasteiger partial charge in [-0.25, -0.2) is 4.79 Å². The normalized spacial score (nSPS) is 17.6. The van der Waals surface area contributed by atoms with E-state index in [9.17, 15) is 9.59 Å². The average molecular weight is 275 g/mol. The summed E-state index contributed by atoms with van der Waals surface area (Å²) >= 11 is 0. The number of amides is 1. The van der Waals surface area contributed by atoms with Crippen LogP contribution in [0.5, 0.6) is 5.75 Å². The number of rotatable bonds is 3. The molecule has 5 nitrogen and oxygen atoms in total. The lowest BCUT2D eigenvalue weighted by molar-refractivity contribution is -0.141. The van der Waals surface area contributed by atoms with E-state index in [-0.39, 0.29) is 18.5 Å². The van der Waals surface area contributed by atoms with Crippen molar-refractivity contribution in [2.24, 2.45) is 5.92 Å². The summed E-state index contributed by atoms with van der Waals surface area (Å²) in [7, 11) is 0. The van der Waals surface area contributed by atoms with Crippen molar-refractivity contribution in [2.45, 2.75) is 6.92 Å². The number of ether oxygens (including phenoxy) is 2. The molecule has 1 aromatic carbocycles. The van der Waals surface area contributed by atoms with Gasteiger partial charge in [-0.1, -0.05) is 30.4 Å². The molecule has 106 valence electrons. The second-order valence-electron chi connectivity index (χ2n) is 4.58. The van der Waals surface area contributed by atoms with Crippen molar-refractivity contribution >= 4 is 12.1 Å². The first-order chi connectivity index (χ1) is 9.65. The van der Waals surface area contributed by atoms with E-state index in [1.807, 2.05) is 30.4 Å². The van der Waals surface area contributed by atoms with Crippen LogP contribution in [0.25, 0.3) is 0 Å². The Hall–Kier alpha value is -2.30. The lowest BCUT2D eigenvalue weighted by Gasteiger charge is -2.27. The molecule has 1 unspecified atom stereocenters. The van der Waals surface area contributed by atoms with Crippen LogP contribution in [0, 0.1) is 5.92 Å². The molecule has 1 atom stereocenters. The molecule has 0 spiro atoms. The Morgan fingerprint density at radius 1 is 1.30 bits per heavy atom. The number of carbonyl (C=O) groups excluding carboxylic acids is 2. The van der Waals surface area contributed by atoms with Gasteiger partial charge in [0, 0.05) is 25.9 Å². The van der Waals surface area contributed by atoms with E-state index < -0.39 is 6.09 Å². The van der Waals surface area contributed by atoms with Gasteiger partial charge in [-0.3, -0.25) is 4.79 Å². The summed E-state index contributed by atoms with van der Waals surface area (Å²) in [5, 5.41) is 0. The molecule has 5 heteroatoms. The molecule has 20 heavy (non-hydrogen) atoms. The standard InChI is InChI=1S/C15H17NO4/c1-12(17)19-11-13-6-5-9-16(10-13)15(18)20-14-7-3-2-4-8-14/h2-8,13H,9-11H2,1H3. The predicted octanol–water partition coefficient (Wildman–Crippen LogP) is 2.24. The zero-order chi connectivity index (χ0) is 14.4. The molecule has 1 amide bonds. The van der Waals surface area contributed by atoms with Crippen molar-refractivity contribution in [3.8, 4) is 5.75 Å². The molecule has 1 aliphatic heterocycles. The molecule has 0 aliphatic carbocycles. The van der Waals surface area contributed by atoms with Crippen molar-refractivity contribution in [2.75, 3.05) is 19.7 Å². The number of nitrogens with zero attached hydrogens (tertiary/aromatic N) is 1. The minimum atomic E-state index is -0.395. The number of esters is 1. The van der Waals surface area contributed by atoms with E-state index in [2.05, 4.69) is 0 Å². The fourth-order valence-corrected chi connectivity index (χ4v) is 1.93. The highest BCUT2D eigenvalue weighted by atomic mass is 16.6. The Bertz CT molecular complexity index is 498. The first-order valence-electron chi connectivity index (χ1n) is 6.47. The molecule has 0 radical (unpaired) electrons. The first kappa shape index (κ1) is 14.1. The number of hydrogen-bond acceptors (Lipinski definition) is 4. The summed E-state index contributed by atoms with van der Waals surface area (Å²) in [4.78, 5) is 24.4. The zero-order valence-corrected chi connectivity index (χ0v) is 11.3. The van der Waals surface area contributed by atoms with E-state index in [1.165, 1.54) is 6.92 Å². The van der Waals surface area contributed by atoms with Crippen molar-refractivity contribution in [1.82, 2.24) is 4.90 Å². The lowest BCUT2D eigenvalue weighted by atomic mass is 10.1. The molecule has 0 fully saturated rings. The SMILES string of the molecule is CC(=O)OCC1C=CCN(C(=O)Oc2ccccc2)C1. The van der Waals surface area contributed by atoms with Gasteiger partial charge >= 0.3 is 12.1 Å².